The van der Waals surface area contributed by atoms with E-state index in [4.69, 9.17) is 5.11 Å². The van der Waals surface area contributed by atoms with Crippen molar-refractivity contribution in [3.05, 3.63) is 35.9 Å². The van der Waals surface area contributed by atoms with Crippen LogP contribution in [-0.2, 0) is 9.59 Å². The van der Waals surface area contributed by atoms with Gasteiger partial charge in [-0.1, -0.05) is 37.3 Å². The molecule has 4 nitrogen and oxygen atoms in total. The Hall–Kier alpha value is -2.05. The van der Waals surface area contributed by atoms with Gasteiger partial charge in [0.05, 0.1) is 5.92 Å². The maximum Gasteiger partial charge on any atom is 0.396 e. The molecule has 7 heteroatoms. The van der Waals surface area contributed by atoms with Gasteiger partial charge in [0, 0.05) is 6.42 Å². The van der Waals surface area contributed by atoms with Gasteiger partial charge in [0.25, 0.3) is 0 Å². The molecule has 0 aliphatic rings. The largest absolute Gasteiger partial charge is 0.480 e. The second kappa shape index (κ2) is 7.10. The Labute approximate surface area is 120 Å². The van der Waals surface area contributed by atoms with Gasteiger partial charge < -0.3 is 10.4 Å². The highest BCUT2D eigenvalue weighted by Crippen LogP contribution is 2.37. The van der Waals surface area contributed by atoms with Crippen LogP contribution in [0.2, 0.25) is 0 Å². The zero-order valence-corrected chi connectivity index (χ0v) is 11.4. The number of alkyl halides is 3. The highest BCUT2D eigenvalue weighted by Gasteiger charge is 2.42. The maximum absolute atomic E-state index is 13.0. The van der Waals surface area contributed by atoms with Gasteiger partial charge in [-0.15, -0.1) is 0 Å². The number of hydrogen-bond acceptors (Lipinski definition) is 2. The third kappa shape index (κ3) is 5.09. The van der Waals surface area contributed by atoms with E-state index in [0.717, 1.165) is 0 Å². The predicted molar refractivity (Wildman–Crippen MR) is 69.7 cm³/mol. The molecular formula is C14H16F3NO3. The van der Waals surface area contributed by atoms with Crippen LogP contribution in [0.5, 0.6) is 0 Å². The number of halogens is 3. The van der Waals surface area contributed by atoms with E-state index in [0.29, 0.717) is 0 Å². The Bertz CT molecular complexity index is 488. The van der Waals surface area contributed by atoms with E-state index in [2.05, 4.69) is 5.32 Å². The van der Waals surface area contributed by atoms with E-state index in [9.17, 15) is 22.8 Å². The van der Waals surface area contributed by atoms with Crippen molar-refractivity contribution >= 4 is 11.9 Å². The lowest BCUT2D eigenvalue weighted by molar-refractivity contribution is -0.158. The summed E-state index contributed by atoms with van der Waals surface area (Å²) in [5.74, 6) is -4.16. The minimum absolute atomic E-state index is 0.0245. The lowest BCUT2D eigenvalue weighted by atomic mass is 9.94. The first kappa shape index (κ1) is 17.0. The van der Waals surface area contributed by atoms with Crippen LogP contribution in [0.4, 0.5) is 13.2 Å². The van der Waals surface area contributed by atoms with E-state index in [1.807, 2.05) is 0 Å². The Morgan fingerprint density at radius 2 is 1.81 bits per heavy atom. The summed E-state index contributed by atoms with van der Waals surface area (Å²) < 4.78 is 39.1. The number of carbonyl (C=O) groups excluding carboxylic acids is 1. The molecule has 0 fully saturated rings. The van der Waals surface area contributed by atoms with Crippen molar-refractivity contribution in [3.63, 3.8) is 0 Å². The summed E-state index contributed by atoms with van der Waals surface area (Å²) in [5.41, 5.74) is -0.0245. The molecule has 1 amide bonds. The first-order chi connectivity index (χ1) is 9.75. The Morgan fingerprint density at radius 3 is 2.24 bits per heavy atom. The summed E-state index contributed by atoms with van der Waals surface area (Å²) in [6.07, 6.45) is -5.32. The van der Waals surface area contributed by atoms with Gasteiger partial charge in [0.15, 0.2) is 0 Å². The monoisotopic (exact) mass is 303 g/mol. The van der Waals surface area contributed by atoms with Crippen molar-refractivity contribution in [1.29, 1.82) is 0 Å². The lowest BCUT2D eigenvalue weighted by Gasteiger charge is -2.21. The first-order valence-electron chi connectivity index (χ1n) is 6.39. The van der Waals surface area contributed by atoms with Crippen LogP contribution in [-0.4, -0.2) is 29.2 Å². The zero-order chi connectivity index (χ0) is 16.0. The summed E-state index contributed by atoms with van der Waals surface area (Å²) >= 11 is 0. The van der Waals surface area contributed by atoms with Crippen LogP contribution in [0.3, 0.4) is 0 Å². The fraction of sp³-hybridized carbons (Fsp3) is 0.429. The van der Waals surface area contributed by atoms with Crippen molar-refractivity contribution in [3.8, 4) is 0 Å². The third-order valence-electron chi connectivity index (χ3n) is 3.03. The van der Waals surface area contributed by atoms with Gasteiger partial charge in [0.1, 0.15) is 6.04 Å². The molecule has 2 unspecified atom stereocenters. The molecule has 1 aromatic carbocycles. The summed E-state index contributed by atoms with van der Waals surface area (Å²) in [5, 5.41) is 10.9. The van der Waals surface area contributed by atoms with E-state index in [-0.39, 0.29) is 12.0 Å². The lowest BCUT2D eigenvalue weighted by Crippen LogP contribution is -2.41. The SMILES string of the molecule is CCC(NC(=O)CC(c1ccccc1)C(F)(F)F)C(=O)O. The maximum atomic E-state index is 13.0. The van der Waals surface area contributed by atoms with Gasteiger partial charge in [-0.2, -0.15) is 13.2 Å². The van der Waals surface area contributed by atoms with Gasteiger partial charge >= 0.3 is 12.1 Å². The Balaban J connectivity index is 2.84. The molecule has 0 bridgehead atoms. The molecule has 0 heterocycles. The standard InChI is InChI=1S/C14H16F3NO3/c1-2-11(13(20)21)18-12(19)8-10(14(15,16)17)9-6-4-3-5-7-9/h3-7,10-11H,2,8H2,1H3,(H,18,19)(H,20,21). The van der Waals surface area contributed by atoms with Crippen LogP contribution in [0, 0.1) is 0 Å². The molecule has 2 atom stereocenters. The fourth-order valence-corrected chi connectivity index (χ4v) is 1.88. The van der Waals surface area contributed by atoms with Gasteiger partial charge in [0.2, 0.25) is 5.91 Å². The smallest absolute Gasteiger partial charge is 0.396 e. The number of hydrogen-bond donors (Lipinski definition) is 2. The molecule has 0 radical (unpaired) electrons. The number of carbonyl (C=O) groups is 2. The number of benzene rings is 1. The first-order valence-corrected chi connectivity index (χ1v) is 6.39. The quantitative estimate of drug-likeness (QED) is 0.849. The third-order valence-corrected chi connectivity index (χ3v) is 3.03. The number of nitrogens with one attached hydrogen (secondary N) is 1. The molecule has 2 N–H and O–H groups in total. The zero-order valence-electron chi connectivity index (χ0n) is 11.4. The number of amides is 1. The summed E-state index contributed by atoms with van der Waals surface area (Å²) in [4.78, 5) is 22.5. The summed E-state index contributed by atoms with van der Waals surface area (Å²) in [7, 11) is 0. The number of aliphatic carboxylic acids is 1. The highest BCUT2D eigenvalue weighted by atomic mass is 19.4. The molecule has 116 valence electrons. The molecule has 0 aromatic heterocycles. The summed E-state index contributed by atoms with van der Waals surface area (Å²) in [6, 6.07) is 5.90. The predicted octanol–water partition coefficient (Wildman–Crippen LogP) is 2.70. The van der Waals surface area contributed by atoms with Crippen molar-refractivity contribution in [1.82, 2.24) is 5.32 Å². The van der Waals surface area contributed by atoms with E-state index in [1.54, 1.807) is 6.07 Å². The van der Waals surface area contributed by atoms with Crippen LogP contribution >= 0.6 is 0 Å². The average molecular weight is 303 g/mol. The van der Waals surface area contributed by atoms with Crippen LogP contribution in [0.25, 0.3) is 0 Å². The summed E-state index contributed by atoms with van der Waals surface area (Å²) in [6.45, 7) is 1.53. The van der Waals surface area contributed by atoms with Gasteiger partial charge in [-0.25, -0.2) is 4.79 Å². The highest BCUT2D eigenvalue weighted by molar-refractivity contribution is 5.84. The van der Waals surface area contributed by atoms with Crippen LogP contribution in [0.1, 0.15) is 31.2 Å². The Kier molecular flexibility index (Phi) is 5.75. The van der Waals surface area contributed by atoms with E-state index >= 15 is 0 Å². The molecule has 1 aromatic rings. The van der Waals surface area contributed by atoms with Crippen LogP contribution in [0.15, 0.2) is 30.3 Å². The minimum atomic E-state index is -4.58. The molecular weight excluding hydrogens is 287 g/mol. The van der Waals surface area contributed by atoms with Gasteiger partial charge in [-0.3, -0.25) is 4.79 Å². The molecule has 0 spiro atoms. The van der Waals surface area contributed by atoms with Crippen LogP contribution < -0.4 is 5.32 Å². The average Bonchev–Trinajstić information content (AvgIpc) is 2.41. The van der Waals surface area contributed by atoms with Crippen molar-refractivity contribution in [2.45, 2.75) is 37.9 Å². The normalized spacial score (nSPS) is 14.3. The molecule has 0 aliphatic carbocycles. The topological polar surface area (TPSA) is 66.4 Å². The van der Waals surface area contributed by atoms with Crippen molar-refractivity contribution in [2.24, 2.45) is 0 Å². The minimum Gasteiger partial charge on any atom is -0.480 e. The van der Waals surface area contributed by atoms with E-state index < -0.39 is 36.4 Å². The van der Waals surface area contributed by atoms with E-state index in [1.165, 1.54) is 31.2 Å². The van der Waals surface area contributed by atoms with Gasteiger partial charge in [-0.05, 0) is 12.0 Å². The molecule has 0 saturated heterocycles. The number of rotatable bonds is 6. The second-order valence-corrected chi connectivity index (χ2v) is 4.58. The molecule has 0 saturated carbocycles. The second-order valence-electron chi connectivity index (χ2n) is 4.58. The number of carboxylic acids is 1. The molecule has 1 rings (SSSR count). The number of carboxylic acid groups (broad SMARTS) is 1. The molecule has 0 aliphatic heterocycles. The Morgan fingerprint density at radius 1 is 1.24 bits per heavy atom. The van der Waals surface area contributed by atoms with Crippen molar-refractivity contribution in [2.75, 3.05) is 0 Å². The molecule has 21 heavy (non-hydrogen) atoms. The fourth-order valence-electron chi connectivity index (χ4n) is 1.88. The van der Waals surface area contributed by atoms with Crippen molar-refractivity contribution < 1.29 is 27.9 Å².